The molecule has 2 aliphatic rings. The predicted molar refractivity (Wildman–Crippen MR) is 164 cm³/mol. The quantitative estimate of drug-likeness (QED) is 0.218. The fourth-order valence-electron chi connectivity index (χ4n) is 6.06. The number of fused-ring (bicyclic) bond motifs is 2. The van der Waals surface area contributed by atoms with Gasteiger partial charge in [0.15, 0.2) is 23.0 Å². The number of hydrogen-bond acceptors (Lipinski definition) is 10. The van der Waals surface area contributed by atoms with Gasteiger partial charge in [-0.2, -0.15) is 13.2 Å². The van der Waals surface area contributed by atoms with Crippen LogP contribution in [0.25, 0.3) is 22.7 Å². The number of hydrogen-bond donors (Lipinski definition) is 1. The fourth-order valence-corrected chi connectivity index (χ4v) is 6.17. The van der Waals surface area contributed by atoms with Crippen molar-refractivity contribution < 1.29 is 27.4 Å². The van der Waals surface area contributed by atoms with Gasteiger partial charge in [0, 0.05) is 25.8 Å². The summed E-state index contributed by atoms with van der Waals surface area (Å²) in [6.45, 7) is 6.43. The van der Waals surface area contributed by atoms with Crippen molar-refractivity contribution in [2.45, 2.75) is 63.8 Å². The average molecular weight is 670 g/mol. The van der Waals surface area contributed by atoms with Crippen molar-refractivity contribution in [3.63, 3.8) is 0 Å². The number of rotatable bonds is 8. The molecule has 0 spiro atoms. The Labute approximate surface area is 272 Å². The first-order chi connectivity index (χ1) is 22.5. The summed E-state index contributed by atoms with van der Waals surface area (Å²) < 4.78 is 59.4. The van der Waals surface area contributed by atoms with Crippen LogP contribution in [0.15, 0.2) is 42.6 Å². The molecule has 1 saturated heterocycles. The van der Waals surface area contributed by atoms with Crippen LogP contribution in [0, 0.1) is 0 Å². The normalized spacial score (nSPS) is 19.5. The number of pyridine rings is 1. The molecule has 47 heavy (non-hydrogen) atoms. The zero-order chi connectivity index (χ0) is 32.9. The first-order valence-electron chi connectivity index (χ1n) is 15.1. The number of aromatic amines is 1. The van der Waals surface area contributed by atoms with Crippen molar-refractivity contribution in [2.75, 3.05) is 20.2 Å². The topological polar surface area (TPSA) is 129 Å². The molecule has 0 amide bonds. The molecule has 0 unspecified atom stereocenters. The van der Waals surface area contributed by atoms with E-state index in [1.54, 1.807) is 31.5 Å². The van der Waals surface area contributed by atoms with Gasteiger partial charge >= 0.3 is 6.18 Å². The number of imidazole rings is 1. The van der Waals surface area contributed by atoms with E-state index in [1.165, 1.54) is 0 Å². The van der Waals surface area contributed by atoms with Gasteiger partial charge in [-0.25, -0.2) is 4.98 Å². The van der Waals surface area contributed by atoms with Gasteiger partial charge in [0.05, 0.1) is 24.2 Å². The molecule has 2 atom stereocenters. The zero-order valence-corrected chi connectivity index (χ0v) is 26.5. The van der Waals surface area contributed by atoms with Crippen molar-refractivity contribution >= 4 is 22.8 Å². The lowest BCUT2D eigenvalue weighted by Crippen LogP contribution is -2.34. The van der Waals surface area contributed by atoms with Crippen LogP contribution in [0.4, 0.5) is 13.2 Å². The molecule has 1 N–H and O–H groups in total. The van der Waals surface area contributed by atoms with Crippen LogP contribution in [0.1, 0.15) is 55.5 Å². The van der Waals surface area contributed by atoms with Gasteiger partial charge in [0.2, 0.25) is 5.82 Å². The van der Waals surface area contributed by atoms with Gasteiger partial charge in [0.25, 0.3) is 5.79 Å². The number of alkyl halides is 3. The van der Waals surface area contributed by atoms with E-state index in [-0.39, 0.29) is 23.5 Å². The van der Waals surface area contributed by atoms with Crippen molar-refractivity contribution in [1.29, 1.82) is 0 Å². The van der Waals surface area contributed by atoms with Crippen LogP contribution < -0.4 is 9.47 Å². The number of benzene rings is 1. The second-order valence-corrected chi connectivity index (χ2v) is 12.3. The summed E-state index contributed by atoms with van der Waals surface area (Å²) in [7, 11) is 1.63. The number of halogens is 4. The third-order valence-corrected chi connectivity index (χ3v) is 8.83. The fraction of sp³-hybridized carbons (Fsp3) is 0.419. The molecular weight excluding hydrogens is 639 g/mol. The Morgan fingerprint density at radius 3 is 2.62 bits per heavy atom. The second-order valence-electron chi connectivity index (χ2n) is 11.9. The number of ether oxygens (including phenoxy) is 3. The molecule has 5 aromatic rings. The summed E-state index contributed by atoms with van der Waals surface area (Å²) in [5.41, 5.74) is 2.84. The summed E-state index contributed by atoms with van der Waals surface area (Å²) in [5.74, 6) is 0.0424. The maximum atomic E-state index is 13.1. The van der Waals surface area contributed by atoms with Crippen LogP contribution >= 0.6 is 11.6 Å². The minimum Gasteiger partial charge on any atom is -0.443 e. The van der Waals surface area contributed by atoms with E-state index in [9.17, 15) is 13.2 Å². The van der Waals surface area contributed by atoms with Crippen molar-refractivity contribution in [3.8, 4) is 23.0 Å². The van der Waals surface area contributed by atoms with E-state index < -0.39 is 17.8 Å². The molecule has 0 bridgehead atoms. The highest BCUT2D eigenvalue weighted by atomic mass is 35.5. The Hall–Kier alpha value is -4.34. The van der Waals surface area contributed by atoms with E-state index in [0.29, 0.717) is 40.7 Å². The van der Waals surface area contributed by atoms with Crippen LogP contribution in [0.5, 0.6) is 11.5 Å². The SMILES string of the molecule is CO[C@H](C)Cn1c(CN2CCC(c3cccc4c3O[C@@](C)(c3ccc(Cl)cn3)O4)CC2)nc2cc(-c3nnc(C(F)(F)F)[nH]3)nnc21. The summed E-state index contributed by atoms with van der Waals surface area (Å²) in [6.07, 6.45) is -1.44. The highest BCUT2D eigenvalue weighted by molar-refractivity contribution is 6.30. The molecule has 246 valence electrons. The lowest BCUT2D eigenvalue weighted by atomic mass is 9.88. The molecule has 6 heterocycles. The molecular formula is C31H31ClF3N9O3. The van der Waals surface area contributed by atoms with Crippen molar-refractivity contribution in [2.24, 2.45) is 0 Å². The summed E-state index contributed by atoms with van der Waals surface area (Å²) in [4.78, 5) is 13.8. The van der Waals surface area contributed by atoms with Gasteiger partial charge in [-0.05, 0) is 63.0 Å². The Bertz CT molecular complexity index is 1910. The number of methoxy groups -OCH3 is 1. The number of likely N-dealkylation sites (tertiary alicyclic amines) is 1. The monoisotopic (exact) mass is 669 g/mol. The van der Waals surface area contributed by atoms with Crippen LogP contribution in [-0.4, -0.2) is 71.1 Å². The number of aromatic nitrogens is 8. The molecule has 0 aliphatic carbocycles. The largest absolute Gasteiger partial charge is 0.451 e. The number of nitrogens with one attached hydrogen (secondary N) is 1. The lowest BCUT2D eigenvalue weighted by Gasteiger charge is -2.32. The van der Waals surface area contributed by atoms with Crippen molar-refractivity contribution in [1.82, 2.24) is 44.8 Å². The van der Waals surface area contributed by atoms with E-state index in [2.05, 4.69) is 41.3 Å². The molecule has 7 rings (SSSR count). The lowest BCUT2D eigenvalue weighted by molar-refractivity contribution is -0.144. The van der Waals surface area contributed by atoms with Crippen LogP contribution in [0.3, 0.4) is 0 Å². The van der Waals surface area contributed by atoms with Gasteiger partial charge in [-0.3, -0.25) is 9.88 Å². The molecule has 2 aliphatic heterocycles. The molecule has 4 aromatic heterocycles. The first-order valence-corrected chi connectivity index (χ1v) is 15.5. The number of para-hydroxylation sites is 1. The third kappa shape index (κ3) is 6.10. The van der Waals surface area contributed by atoms with Crippen LogP contribution in [0.2, 0.25) is 5.02 Å². The molecule has 0 saturated carbocycles. The van der Waals surface area contributed by atoms with Gasteiger partial charge < -0.3 is 23.8 Å². The van der Waals surface area contributed by atoms with E-state index in [0.717, 1.165) is 43.1 Å². The number of nitrogens with zero attached hydrogens (tertiary/aromatic N) is 8. The van der Waals surface area contributed by atoms with E-state index in [4.69, 9.17) is 30.8 Å². The van der Waals surface area contributed by atoms with E-state index in [1.807, 2.05) is 30.5 Å². The molecule has 12 nitrogen and oxygen atoms in total. The Morgan fingerprint density at radius 1 is 1.11 bits per heavy atom. The van der Waals surface area contributed by atoms with E-state index >= 15 is 0 Å². The summed E-state index contributed by atoms with van der Waals surface area (Å²) in [5, 5.41) is 15.8. The Balaban J connectivity index is 1.08. The Kier molecular flexibility index (Phi) is 8.00. The molecule has 1 fully saturated rings. The molecule has 1 aromatic carbocycles. The van der Waals surface area contributed by atoms with Gasteiger partial charge in [-0.1, -0.05) is 23.7 Å². The minimum atomic E-state index is -4.65. The highest BCUT2D eigenvalue weighted by Gasteiger charge is 2.42. The maximum Gasteiger partial charge on any atom is 0.451 e. The average Bonchev–Trinajstić information content (AvgIpc) is 3.77. The third-order valence-electron chi connectivity index (χ3n) is 8.61. The number of piperidine rings is 1. The number of H-pyrrole nitrogens is 1. The van der Waals surface area contributed by atoms with Gasteiger partial charge in [0.1, 0.15) is 22.7 Å². The molecule has 16 heteroatoms. The summed E-state index contributed by atoms with van der Waals surface area (Å²) >= 11 is 6.04. The summed E-state index contributed by atoms with van der Waals surface area (Å²) in [6, 6.07) is 11.1. The molecule has 0 radical (unpaired) electrons. The zero-order valence-electron chi connectivity index (χ0n) is 25.8. The Morgan fingerprint density at radius 2 is 1.91 bits per heavy atom. The minimum absolute atomic E-state index is 0.113. The van der Waals surface area contributed by atoms with Crippen LogP contribution in [-0.2, 0) is 29.8 Å². The predicted octanol–water partition coefficient (Wildman–Crippen LogP) is 5.74. The maximum absolute atomic E-state index is 13.1. The highest BCUT2D eigenvalue weighted by Crippen LogP contribution is 2.49. The second kappa shape index (κ2) is 12.0. The standard InChI is InChI=1S/C31H31ClF3N9O3/c1-17(45-3)15-44-25(37-22-13-21(39-41-28(22)44)27-38-29(42-40-27)31(33,34)35)16-43-11-9-18(10-12-43)20-5-4-6-23-26(20)47-30(2,46-23)24-8-7-19(32)14-36-24/h4-8,13-14,17-18H,9-12,15-16H2,1-3H3,(H,38,40,42)/t17-,30+/m1/s1. The first kappa shape index (κ1) is 31.3. The van der Waals surface area contributed by atoms with Gasteiger partial charge in [-0.15, -0.1) is 20.4 Å². The smallest absolute Gasteiger partial charge is 0.443 e. The van der Waals surface area contributed by atoms with Crippen molar-refractivity contribution in [3.05, 3.63) is 70.5 Å².